The summed E-state index contributed by atoms with van der Waals surface area (Å²) < 4.78 is 13.3. The molecule has 1 saturated heterocycles. The molecular weight excluding hydrogens is 279 g/mol. The van der Waals surface area contributed by atoms with Crippen LogP contribution in [0, 0.1) is 5.82 Å². The van der Waals surface area contributed by atoms with Crippen molar-refractivity contribution in [3.05, 3.63) is 35.4 Å². The second kappa shape index (κ2) is 5.71. The maximum Gasteiger partial charge on any atom is 0.230 e. The molecule has 2 aromatic rings. The third-order valence-corrected chi connectivity index (χ3v) is 3.49. The number of halogens is 2. The van der Waals surface area contributed by atoms with Gasteiger partial charge in [0.25, 0.3) is 0 Å². The molecule has 4 nitrogen and oxygen atoms in total. The molecule has 104 valence electrons. The van der Waals surface area contributed by atoms with E-state index < -0.39 is 0 Å². The first-order valence-electron chi connectivity index (χ1n) is 6.65. The molecule has 0 bridgehead atoms. The van der Waals surface area contributed by atoms with Crippen LogP contribution in [0.2, 0.25) is 5.28 Å². The highest BCUT2D eigenvalue weighted by atomic mass is 35.5. The topological polar surface area (TPSA) is 41.9 Å². The Bertz CT molecular complexity index is 614. The van der Waals surface area contributed by atoms with E-state index in [9.17, 15) is 4.39 Å². The zero-order chi connectivity index (χ0) is 13.9. The number of benzene rings is 1. The van der Waals surface area contributed by atoms with Gasteiger partial charge in [0.05, 0.1) is 0 Å². The van der Waals surface area contributed by atoms with Crippen LogP contribution in [0.1, 0.15) is 19.3 Å². The van der Waals surface area contributed by atoms with E-state index in [1.165, 1.54) is 18.6 Å². The van der Waals surface area contributed by atoms with Gasteiger partial charge in [-0.15, -0.1) is 0 Å². The zero-order valence-electron chi connectivity index (χ0n) is 10.9. The predicted molar refractivity (Wildman–Crippen MR) is 76.3 cm³/mol. The fourth-order valence-corrected chi connectivity index (χ4v) is 2.49. The zero-order valence-corrected chi connectivity index (χ0v) is 11.6. The molecule has 0 unspecified atom stereocenters. The molecule has 1 aliphatic heterocycles. The highest BCUT2D eigenvalue weighted by Gasteiger charge is 2.16. The average molecular weight is 293 g/mol. The summed E-state index contributed by atoms with van der Waals surface area (Å²) >= 11 is 5.98. The summed E-state index contributed by atoms with van der Waals surface area (Å²) in [5.41, 5.74) is 0.604. The van der Waals surface area contributed by atoms with E-state index in [0.29, 0.717) is 17.3 Å². The molecule has 1 aromatic heterocycles. The third-order valence-electron chi connectivity index (χ3n) is 3.32. The van der Waals surface area contributed by atoms with Crippen molar-refractivity contribution in [2.45, 2.75) is 19.3 Å². The molecule has 0 radical (unpaired) electrons. The van der Waals surface area contributed by atoms with Gasteiger partial charge in [0.15, 0.2) is 5.82 Å². The summed E-state index contributed by atoms with van der Waals surface area (Å²) in [7, 11) is 0. The lowest BCUT2D eigenvalue weighted by Crippen LogP contribution is -2.31. The number of aromatic nitrogens is 3. The molecule has 6 heteroatoms. The maximum absolute atomic E-state index is 13.3. The second-order valence-corrected chi connectivity index (χ2v) is 5.12. The fraction of sp³-hybridized carbons (Fsp3) is 0.357. The number of rotatable bonds is 2. The summed E-state index contributed by atoms with van der Waals surface area (Å²) in [5, 5.41) is 0.139. The van der Waals surface area contributed by atoms with E-state index in [1.807, 2.05) is 0 Å². The Hall–Kier alpha value is -1.75. The minimum Gasteiger partial charge on any atom is -0.341 e. The molecule has 0 spiro atoms. The van der Waals surface area contributed by atoms with Gasteiger partial charge in [-0.25, -0.2) is 4.39 Å². The van der Waals surface area contributed by atoms with Crippen molar-refractivity contribution in [2.24, 2.45) is 0 Å². The molecular formula is C14H14ClFN4. The van der Waals surface area contributed by atoms with Crippen molar-refractivity contribution < 1.29 is 4.39 Å². The lowest BCUT2D eigenvalue weighted by atomic mass is 10.1. The van der Waals surface area contributed by atoms with Gasteiger partial charge < -0.3 is 4.90 Å². The minimum atomic E-state index is -0.321. The number of hydrogen-bond donors (Lipinski definition) is 0. The van der Waals surface area contributed by atoms with Crippen molar-refractivity contribution in [2.75, 3.05) is 18.0 Å². The van der Waals surface area contributed by atoms with Crippen LogP contribution in [0.4, 0.5) is 10.3 Å². The van der Waals surface area contributed by atoms with Crippen LogP contribution >= 0.6 is 11.6 Å². The first-order chi connectivity index (χ1) is 9.72. The lowest BCUT2D eigenvalue weighted by molar-refractivity contribution is 0.567. The van der Waals surface area contributed by atoms with Gasteiger partial charge in [0.2, 0.25) is 11.2 Å². The molecule has 0 amide bonds. The normalized spacial score (nSPS) is 15.4. The van der Waals surface area contributed by atoms with Crippen LogP contribution in [0.15, 0.2) is 24.3 Å². The SMILES string of the molecule is Fc1cccc(-c2nc(Cl)nc(N3CCCCC3)n2)c1. The monoisotopic (exact) mass is 292 g/mol. The summed E-state index contributed by atoms with van der Waals surface area (Å²) in [6.45, 7) is 1.84. The van der Waals surface area contributed by atoms with Crippen LogP contribution in [-0.4, -0.2) is 28.0 Å². The van der Waals surface area contributed by atoms with Crippen molar-refractivity contribution in [3.8, 4) is 11.4 Å². The number of anilines is 1. The fourth-order valence-electron chi connectivity index (χ4n) is 2.33. The molecule has 1 aliphatic rings. The molecule has 0 saturated carbocycles. The van der Waals surface area contributed by atoms with Gasteiger partial charge in [0.1, 0.15) is 5.82 Å². The minimum absolute atomic E-state index is 0.139. The van der Waals surface area contributed by atoms with Gasteiger partial charge in [-0.2, -0.15) is 15.0 Å². The Morgan fingerprint density at radius 3 is 2.60 bits per heavy atom. The average Bonchev–Trinajstić information content (AvgIpc) is 2.47. The first-order valence-corrected chi connectivity index (χ1v) is 7.02. The summed E-state index contributed by atoms with van der Waals surface area (Å²) in [5.74, 6) is 0.660. The standard InChI is InChI=1S/C14H14ClFN4/c15-13-17-12(10-5-4-6-11(16)9-10)18-14(19-13)20-7-2-1-3-8-20/h4-6,9H,1-3,7-8H2. The third kappa shape index (κ3) is 2.88. The Labute approximate surface area is 121 Å². The Balaban J connectivity index is 1.97. The Morgan fingerprint density at radius 1 is 1.05 bits per heavy atom. The summed E-state index contributed by atoms with van der Waals surface area (Å²) in [6, 6.07) is 6.17. The number of nitrogens with zero attached hydrogens (tertiary/aromatic N) is 4. The molecule has 1 aromatic carbocycles. The van der Waals surface area contributed by atoms with Crippen molar-refractivity contribution in [1.82, 2.24) is 15.0 Å². The lowest BCUT2D eigenvalue weighted by Gasteiger charge is -2.26. The van der Waals surface area contributed by atoms with E-state index in [0.717, 1.165) is 25.9 Å². The Morgan fingerprint density at radius 2 is 1.85 bits per heavy atom. The smallest absolute Gasteiger partial charge is 0.230 e. The van der Waals surface area contributed by atoms with E-state index >= 15 is 0 Å². The van der Waals surface area contributed by atoms with Gasteiger partial charge in [-0.1, -0.05) is 12.1 Å². The highest BCUT2D eigenvalue weighted by Crippen LogP contribution is 2.22. The number of hydrogen-bond acceptors (Lipinski definition) is 4. The number of piperidine rings is 1. The van der Waals surface area contributed by atoms with Crippen LogP contribution in [0.3, 0.4) is 0 Å². The van der Waals surface area contributed by atoms with Crippen LogP contribution in [-0.2, 0) is 0 Å². The summed E-state index contributed by atoms with van der Waals surface area (Å²) in [4.78, 5) is 14.8. The summed E-state index contributed by atoms with van der Waals surface area (Å²) in [6.07, 6.45) is 3.48. The van der Waals surface area contributed by atoms with Crippen LogP contribution in [0.25, 0.3) is 11.4 Å². The Kier molecular flexibility index (Phi) is 3.78. The van der Waals surface area contributed by atoms with E-state index in [1.54, 1.807) is 12.1 Å². The molecule has 0 aliphatic carbocycles. The maximum atomic E-state index is 13.3. The van der Waals surface area contributed by atoms with E-state index in [-0.39, 0.29) is 11.1 Å². The largest absolute Gasteiger partial charge is 0.341 e. The molecule has 1 fully saturated rings. The second-order valence-electron chi connectivity index (χ2n) is 4.79. The van der Waals surface area contributed by atoms with Gasteiger partial charge >= 0.3 is 0 Å². The van der Waals surface area contributed by atoms with Crippen LogP contribution in [0.5, 0.6) is 0 Å². The molecule has 2 heterocycles. The molecule has 3 rings (SSSR count). The van der Waals surface area contributed by atoms with Crippen LogP contribution < -0.4 is 4.90 Å². The van der Waals surface area contributed by atoms with Gasteiger partial charge in [-0.3, -0.25) is 0 Å². The van der Waals surface area contributed by atoms with Gasteiger partial charge in [-0.05, 0) is 43.0 Å². The predicted octanol–water partition coefficient (Wildman–Crippen LogP) is 3.32. The van der Waals surface area contributed by atoms with Gasteiger partial charge in [0, 0.05) is 18.7 Å². The molecule has 20 heavy (non-hydrogen) atoms. The molecule has 0 N–H and O–H groups in total. The van der Waals surface area contributed by atoms with Crippen molar-refractivity contribution in [3.63, 3.8) is 0 Å². The van der Waals surface area contributed by atoms with Crippen molar-refractivity contribution >= 4 is 17.5 Å². The van der Waals surface area contributed by atoms with Crippen molar-refractivity contribution in [1.29, 1.82) is 0 Å². The van der Waals surface area contributed by atoms with E-state index in [2.05, 4.69) is 19.9 Å². The highest BCUT2D eigenvalue weighted by molar-refractivity contribution is 6.28. The first kappa shape index (κ1) is 13.2. The molecule has 0 atom stereocenters. The van der Waals surface area contributed by atoms with E-state index in [4.69, 9.17) is 11.6 Å². The quantitative estimate of drug-likeness (QED) is 0.851.